The zero-order valence-electron chi connectivity index (χ0n) is 10.8. The Bertz CT molecular complexity index is 626. The SMILES string of the molecule is CC(C(=O)O)C(C)n1nnnc1-c1cc(Cl)cc(Br)c1. The summed E-state index contributed by atoms with van der Waals surface area (Å²) >= 11 is 9.37. The van der Waals surface area contributed by atoms with E-state index in [4.69, 9.17) is 16.7 Å². The van der Waals surface area contributed by atoms with Crippen molar-refractivity contribution in [2.45, 2.75) is 19.9 Å². The van der Waals surface area contributed by atoms with Crippen LogP contribution < -0.4 is 0 Å². The molecule has 0 aliphatic rings. The van der Waals surface area contributed by atoms with Crippen molar-refractivity contribution in [1.82, 2.24) is 20.2 Å². The number of hydrogen-bond acceptors (Lipinski definition) is 4. The number of aliphatic carboxylic acids is 1. The minimum Gasteiger partial charge on any atom is -0.481 e. The van der Waals surface area contributed by atoms with E-state index >= 15 is 0 Å². The zero-order chi connectivity index (χ0) is 14.9. The largest absolute Gasteiger partial charge is 0.481 e. The first-order valence-corrected chi connectivity index (χ1v) is 7.04. The Morgan fingerprint density at radius 1 is 1.40 bits per heavy atom. The maximum atomic E-state index is 11.1. The Hall–Kier alpha value is -1.47. The van der Waals surface area contributed by atoms with E-state index in [1.54, 1.807) is 26.0 Å². The van der Waals surface area contributed by atoms with Crippen molar-refractivity contribution in [1.29, 1.82) is 0 Å². The van der Waals surface area contributed by atoms with E-state index in [-0.39, 0.29) is 6.04 Å². The van der Waals surface area contributed by atoms with Gasteiger partial charge in [0.05, 0.1) is 12.0 Å². The van der Waals surface area contributed by atoms with Gasteiger partial charge >= 0.3 is 5.97 Å². The van der Waals surface area contributed by atoms with E-state index in [1.165, 1.54) is 4.68 Å². The smallest absolute Gasteiger partial charge is 0.308 e. The number of rotatable bonds is 4. The van der Waals surface area contributed by atoms with Crippen molar-refractivity contribution < 1.29 is 9.90 Å². The topological polar surface area (TPSA) is 80.9 Å². The van der Waals surface area contributed by atoms with Gasteiger partial charge in [-0.05, 0) is 42.5 Å². The molecule has 0 saturated heterocycles. The van der Waals surface area contributed by atoms with Gasteiger partial charge in [0.15, 0.2) is 5.82 Å². The van der Waals surface area contributed by atoms with E-state index in [9.17, 15) is 4.79 Å². The first-order valence-electron chi connectivity index (χ1n) is 5.87. The molecule has 8 heteroatoms. The highest BCUT2D eigenvalue weighted by Crippen LogP contribution is 2.28. The van der Waals surface area contributed by atoms with Gasteiger partial charge in [-0.3, -0.25) is 4.79 Å². The van der Waals surface area contributed by atoms with Crippen molar-refractivity contribution in [2.75, 3.05) is 0 Å². The molecule has 20 heavy (non-hydrogen) atoms. The number of hydrogen-bond donors (Lipinski definition) is 1. The predicted octanol–water partition coefficient (Wildman–Crippen LogP) is 3.04. The Morgan fingerprint density at radius 3 is 2.70 bits per heavy atom. The second-order valence-electron chi connectivity index (χ2n) is 4.47. The number of carboxylic acids is 1. The van der Waals surface area contributed by atoms with Crippen LogP contribution in [0.4, 0.5) is 0 Å². The van der Waals surface area contributed by atoms with Gasteiger partial charge in [-0.15, -0.1) is 5.10 Å². The van der Waals surface area contributed by atoms with E-state index in [2.05, 4.69) is 31.5 Å². The molecular formula is C12H12BrClN4O2. The maximum Gasteiger partial charge on any atom is 0.308 e. The molecule has 0 bridgehead atoms. The van der Waals surface area contributed by atoms with Crippen LogP contribution in [0.1, 0.15) is 19.9 Å². The predicted molar refractivity (Wildman–Crippen MR) is 77.5 cm³/mol. The van der Waals surface area contributed by atoms with Crippen LogP contribution in [0.15, 0.2) is 22.7 Å². The minimum atomic E-state index is -0.897. The Morgan fingerprint density at radius 2 is 2.10 bits per heavy atom. The Balaban J connectivity index is 2.45. The lowest BCUT2D eigenvalue weighted by Gasteiger charge is -2.17. The molecule has 106 valence electrons. The standard InChI is InChI=1S/C12H12BrClN4O2/c1-6(12(19)20)7(2)18-11(15-16-17-18)8-3-9(13)5-10(14)4-8/h3-7H,1-2H3,(H,19,20). The number of benzene rings is 1. The highest BCUT2D eigenvalue weighted by molar-refractivity contribution is 9.10. The third kappa shape index (κ3) is 2.99. The minimum absolute atomic E-state index is 0.379. The average Bonchev–Trinajstić information content (AvgIpc) is 2.84. The summed E-state index contributed by atoms with van der Waals surface area (Å²) in [7, 11) is 0. The van der Waals surface area contributed by atoms with Gasteiger partial charge in [-0.25, -0.2) is 4.68 Å². The number of carboxylic acid groups (broad SMARTS) is 1. The average molecular weight is 360 g/mol. The molecule has 2 atom stereocenters. The van der Waals surface area contributed by atoms with Gasteiger partial charge in [0.25, 0.3) is 0 Å². The fourth-order valence-corrected chi connectivity index (χ4v) is 2.62. The van der Waals surface area contributed by atoms with E-state index < -0.39 is 11.9 Å². The molecule has 6 nitrogen and oxygen atoms in total. The molecule has 0 saturated carbocycles. The van der Waals surface area contributed by atoms with Crippen LogP contribution in [0.3, 0.4) is 0 Å². The molecule has 0 aliphatic carbocycles. The molecule has 0 amide bonds. The lowest BCUT2D eigenvalue weighted by atomic mass is 10.0. The van der Waals surface area contributed by atoms with Gasteiger partial charge < -0.3 is 5.11 Å². The number of nitrogens with zero attached hydrogens (tertiary/aromatic N) is 4. The third-order valence-corrected chi connectivity index (χ3v) is 3.79. The Labute approximate surface area is 128 Å². The van der Waals surface area contributed by atoms with Crippen LogP contribution in [0.2, 0.25) is 5.02 Å². The van der Waals surface area contributed by atoms with Crippen molar-refractivity contribution in [3.05, 3.63) is 27.7 Å². The quantitative estimate of drug-likeness (QED) is 0.907. The molecule has 2 unspecified atom stereocenters. The highest BCUT2D eigenvalue weighted by Gasteiger charge is 2.25. The van der Waals surface area contributed by atoms with E-state index in [0.717, 1.165) is 10.0 Å². The first kappa shape index (κ1) is 14.9. The molecule has 2 aromatic rings. The van der Waals surface area contributed by atoms with Gasteiger partial charge in [-0.2, -0.15) is 0 Å². The van der Waals surface area contributed by atoms with Gasteiger partial charge in [0, 0.05) is 15.1 Å². The number of tetrazole rings is 1. The summed E-state index contributed by atoms with van der Waals surface area (Å²) in [5, 5.41) is 21.1. The Kier molecular flexibility index (Phi) is 4.39. The van der Waals surface area contributed by atoms with Crippen molar-refractivity contribution in [3.8, 4) is 11.4 Å². The molecule has 2 rings (SSSR count). The number of halogens is 2. The monoisotopic (exact) mass is 358 g/mol. The summed E-state index contributed by atoms with van der Waals surface area (Å²) in [6.45, 7) is 3.38. The van der Waals surface area contributed by atoms with Crippen molar-refractivity contribution >= 4 is 33.5 Å². The van der Waals surface area contributed by atoms with Gasteiger partial charge in [0.2, 0.25) is 0 Å². The summed E-state index contributed by atoms with van der Waals surface area (Å²) < 4.78 is 2.30. The molecule has 0 aliphatic heterocycles. The molecule has 1 aromatic carbocycles. The summed E-state index contributed by atoms with van der Waals surface area (Å²) in [6.07, 6.45) is 0. The molecule has 1 heterocycles. The molecule has 0 fully saturated rings. The molecule has 1 aromatic heterocycles. The van der Waals surface area contributed by atoms with Crippen LogP contribution in [0, 0.1) is 5.92 Å². The van der Waals surface area contributed by atoms with E-state index in [1.807, 2.05) is 6.07 Å². The second kappa shape index (κ2) is 5.88. The van der Waals surface area contributed by atoms with Crippen LogP contribution in [-0.4, -0.2) is 31.3 Å². The number of carbonyl (C=O) groups is 1. The lowest BCUT2D eigenvalue weighted by molar-refractivity contribution is -0.142. The van der Waals surface area contributed by atoms with E-state index in [0.29, 0.717) is 10.8 Å². The first-order chi connectivity index (χ1) is 9.40. The normalized spacial score (nSPS) is 14.0. The maximum absolute atomic E-state index is 11.1. The summed E-state index contributed by atoms with van der Waals surface area (Å²) in [4.78, 5) is 11.1. The van der Waals surface area contributed by atoms with Gasteiger partial charge in [0.1, 0.15) is 0 Å². The molecule has 1 N–H and O–H groups in total. The second-order valence-corrected chi connectivity index (χ2v) is 5.82. The summed E-state index contributed by atoms with van der Waals surface area (Å²) in [6, 6.07) is 4.93. The zero-order valence-corrected chi connectivity index (χ0v) is 13.1. The van der Waals surface area contributed by atoms with Crippen molar-refractivity contribution in [2.24, 2.45) is 5.92 Å². The fourth-order valence-electron chi connectivity index (χ4n) is 1.76. The fraction of sp³-hybridized carbons (Fsp3) is 0.333. The van der Waals surface area contributed by atoms with Gasteiger partial charge in [-0.1, -0.05) is 27.5 Å². The highest BCUT2D eigenvalue weighted by atomic mass is 79.9. The third-order valence-electron chi connectivity index (χ3n) is 3.11. The lowest BCUT2D eigenvalue weighted by Crippen LogP contribution is -2.23. The summed E-state index contributed by atoms with van der Waals surface area (Å²) in [5.74, 6) is -1.03. The van der Waals surface area contributed by atoms with Crippen LogP contribution in [-0.2, 0) is 4.79 Å². The van der Waals surface area contributed by atoms with Crippen LogP contribution >= 0.6 is 27.5 Å². The molecule has 0 radical (unpaired) electrons. The summed E-state index contributed by atoms with van der Waals surface area (Å²) in [5.41, 5.74) is 0.721. The molecule has 0 spiro atoms. The van der Waals surface area contributed by atoms with Crippen LogP contribution in [0.25, 0.3) is 11.4 Å². The van der Waals surface area contributed by atoms with Crippen LogP contribution in [0.5, 0.6) is 0 Å². The number of aromatic nitrogens is 4. The van der Waals surface area contributed by atoms with Crippen molar-refractivity contribution in [3.63, 3.8) is 0 Å². The molecular weight excluding hydrogens is 348 g/mol.